The van der Waals surface area contributed by atoms with Crippen LogP contribution in [-0.4, -0.2) is 18.4 Å². The molecule has 0 aliphatic carbocycles. The predicted molar refractivity (Wildman–Crippen MR) is 116 cm³/mol. The van der Waals surface area contributed by atoms with Crippen LogP contribution in [0.3, 0.4) is 0 Å². The van der Waals surface area contributed by atoms with E-state index in [4.69, 9.17) is 4.74 Å². The molecule has 3 nitrogen and oxygen atoms in total. The van der Waals surface area contributed by atoms with E-state index in [1.54, 1.807) is 24.3 Å². The molecule has 0 unspecified atom stereocenters. The van der Waals surface area contributed by atoms with Crippen molar-refractivity contribution in [2.24, 2.45) is 0 Å². The minimum atomic E-state index is -0.446. The molecule has 0 spiro atoms. The summed E-state index contributed by atoms with van der Waals surface area (Å²) in [5.74, 6) is -0.623. The van der Waals surface area contributed by atoms with Gasteiger partial charge in [0.05, 0.1) is 12.2 Å². The highest BCUT2D eigenvalue weighted by Crippen LogP contribution is 2.25. The fraction of sp³-hybridized carbons (Fsp3) is 0.231. The number of unbranched alkanes of at least 4 members (excludes halogenated alkanes) is 3. The summed E-state index contributed by atoms with van der Waals surface area (Å²) in [7, 11) is 0. The largest absolute Gasteiger partial charge is 0.462 e. The van der Waals surface area contributed by atoms with Crippen LogP contribution in [0, 0.1) is 0 Å². The molecule has 0 saturated heterocycles. The van der Waals surface area contributed by atoms with Crippen molar-refractivity contribution in [3.8, 4) is 11.1 Å². The van der Waals surface area contributed by atoms with E-state index in [1.165, 1.54) is 0 Å². The van der Waals surface area contributed by atoms with Crippen molar-refractivity contribution in [3.05, 3.63) is 95.6 Å². The summed E-state index contributed by atoms with van der Waals surface area (Å²) < 4.78 is 5.50. The quantitative estimate of drug-likeness (QED) is 0.245. The molecular formula is C26H26O3. The first-order chi connectivity index (χ1) is 14.2. The molecule has 0 heterocycles. The molecular weight excluding hydrogens is 360 g/mol. The molecule has 0 aliphatic rings. The van der Waals surface area contributed by atoms with E-state index in [9.17, 15) is 9.59 Å². The lowest BCUT2D eigenvalue weighted by atomic mass is 9.94. The van der Waals surface area contributed by atoms with Crippen molar-refractivity contribution >= 4 is 11.8 Å². The monoisotopic (exact) mass is 386 g/mol. The second-order valence-electron chi connectivity index (χ2n) is 7.02. The zero-order chi connectivity index (χ0) is 20.5. The van der Waals surface area contributed by atoms with Crippen LogP contribution in [0.25, 0.3) is 11.1 Å². The van der Waals surface area contributed by atoms with E-state index in [1.807, 2.05) is 54.6 Å². The SMILES string of the molecule is CCCCCCOC(=O)c1cc(-c2ccccc2)ccc1C(=O)c1ccccc1. The number of benzene rings is 3. The predicted octanol–water partition coefficient (Wildman–Crippen LogP) is 6.32. The summed E-state index contributed by atoms with van der Waals surface area (Å²) >= 11 is 0. The lowest BCUT2D eigenvalue weighted by Crippen LogP contribution is -2.13. The number of carbonyl (C=O) groups is 2. The molecule has 0 fully saturated rings. The zero-order valence-corrected chi connectivity index (χ0v) is 16.8. The molecule has 29 heavy (non-hydrogen) atoms. The molecule has 3 heteroatoms. The molecule has 0 atom stereocenters. The Kier molecular flexibility index (Phi) is 7.34. The second kappa shape index (κ2) is 10.4. The van der Waals surface area contributed by atoms with Crippen LogP contribution < -0.4 is 0 Å². The van der Waals surface area contributed by atoms with E-state index in [0.717, 1.165) is 36.8 Å². The summed E-state index contributed by atoms with van der Waals surface area (Å²) in [5, 5.41) is 0. The van der Waals surface area contributed by atoms with Gasteiger partial charge in [0.2, 0.25) is 0 Å². The number of hydrogen-bond donors (Lipinski definition) is 0. The van der Waals surface area contributed by atoms with E-state index in [2.05, 4.69) is 6.92 Å². The minimum Gasteiger partial charge on any atom is -0.462 e. The highest BCUT2D eigenvalue weighted by atomic mass is 16.5. The summed E-state index contributed by atoms with van der Waals surface area (Å²) in [6, 6.07) is 24.2. The number of ketones is 1. The molecule has 148 valence electrons. The molecule has 0 amide bonds. The third-order valence-corrected chi connectivity index (χ3v) is 4.86. The van der Waals surface area contributed by atoms with Crippen molar-refractivity contribution in [2.45, 2.75) is 32.6 Å². The van der Waals surface area contributed by atoms with Gasteiger partial charge in [-0.2, -0.15) is 0 Å². The highest BCUT2D eigenvalue weighted by Gasteiger charge is 2.20. The number of esters is 1. The van der Waals surface area contributed by atoms with Gasteiger partial charge >= 0.3 is 5.97 Å². The average molecular weight is 386 g/mol. The average Bonchev–Trinajstić information content (AvgIpc) is 2.79. The van der Waals surface area contributed by atoms with Crippen LogP contribution in [-0.2, 0) is 4.74 Å². The first-order valence-corrected chi connectivity index (χ1v) is 10.2. The maximum absolute atomic E-state index is 13.0. The lowest BCUT2D eigenvalue weighted by molar-refractivity contribution is 0.0495. The van der Waals surface area contributed by atoms with Crippen LogP contribution in [0.4, 0.5) is 0 Å². The summed E-state index contributed by atoms with van der Waals surface area (Å²) in [6.45, 7) is 2.51. The van der Waals surface area contributed by atoms with Gasteiger partial charge < -0.3 is 4.74 Å². The maximum Gasteiger partial charge on any atom is 0.338 e. The topological polar surface area (TPSA) is 43.4 Å². The molecule has 0 radical (unpaired) electrons. The number of carbonyl (C=O) groups excluding carboxylic acids is 2. The Balaban J connectivity index is 1.90. The lowest BCUT2D eigenvalue weighted by Gasteiger charge is -2.12. The molecule has 0 N–H and O–H groups in total. The fourth-order valence-electron chi connectivity index (χ4n) is 3.24. The van der Waals surface area contributed by atoms with E-state index in [0.29, 0.717) is 23.3 Å². The Hall–Kier alpha value is -3.20. The van der Waals surface area contributed by atoms with Gasteiger partial charge in [0.25, 0.3) is 0 Å². The molecule has 3 rings (SSSR count). The highest BCUT2D eigenvalue weighted by molar-refractivity contribution is 6.14. The van der Waals surface area contributed by atoms with Crippen LogP contribution in [0.15, 0.2) is 78.9 Å². The van der Waals surface area contributed by atoms with Crippen LogP contribution >= 0.6 is 0 Å². The standard InChI is InChI=1S/C26H26O3/c1-2-3-4-11-18-29-26(28)24-19-22(20-12-7-5-8-13-20)16-17-23(24)25(27)21-14-9-6-10-15-21/h5-10,12-17,19H,2-4,11,18H2,1H3. The van der Waals surface area contributed by atoms with Crippen LogP contribution in [0.2, 0.25) is 0 Å². The summed E-state index contributed by atoms with van der Waals surface area (Å²) in [6.07, 6.45) is 4.12. The minimum absolute atomic E-state index is 0.178. The second-order valence-corrected chi connectivity index (χ2v) is 7.02. The van der Waals surface area contributed by atoms with Crippen molar-refractivity contribution in [2.75, 3.05) is 6.61 Å². The molecule has 0 saturated carbocycles. The van der Waals surface area contributed by atoms with Crippen LogP contribution in [0.1, 0.15) is 58.9 Å². The Labute approximate surface area is 172 Å². The van der Waals surface area contributed by atoms with Gasteiger partial charge in [-0.15, -0.1) is 0 Å². The van der Waals surface area contributed by atoms with Gasteiger partial charge in [0.1, 0.15) is 0 Å². The van der Waals surface area contributed by atoms with E-state index in [-0.39, 0.29) is 5.78 Å². The molecule has 0 aliphatic heterocycles. The van der Waals surface area contributed by atoms with Crippen molar-refractivity contribution < 1.29 is 14.3 Å². The van der Waals surface area contributed by atoms with Crippen LogP contribution in [0.5, 0.6) is 0 Å². The van der Waals surface area contributed by atoms with Gasteiger partial charge in [-0.25, -0.2) is 4.79 Å². The van der Waals surface area contributed by atoms with E-state index >= 15 is 0 Å². The van der Waals surface area contributed by atoms with Gasteiger partial charge in [0, 0.05) is 11.1 Å². The normalized spacial score (nSPS) is 10.5. The van der Waals surface area contributed by atoms with Gasteiger partial charge in [0.15, 0.2) is 5.78 Å². The van der Waals surface area contributed by atoms with E-state index < -0.39 is 5.97 Å². The number of ether oxygens (including phenoxy) is 1. The summed E-state index contributed by atoms with van der Waals surface area (Å²) in [4.78, 5) is 25.9. The van der Waals surface area contributed by atoms with Gasteiger partial charge in [-0.1, -0.05) is 92.9 Å². The Morgan fingerprint density at radius 2 is 1.41 bits per heavy atom. The maximum atomic E-state index is 13.0. The molecule has 0 aromatic heterocycles. The first-order valence-electron chi connectivity index (χ1n) is 10.2. The third-order valence-electron chi connectivity index (χ3n) is 4.86. The van der Waals surface area contributed by atoms with Gasteiger partial charge in [-0.3, -0.25) is 4.79 Å². The Morgan fingerprint density at radius 1 is 0.724 bits per heavy atom. The number of rotatable bonds is 9. The molecule has 3 aromatic carbocycles. The fourth-order valence-corrected chi connectivity index (χ4v) is 3.24. The zero-order valence-electron chi connectivity index (χ0n) is 16.8. The van der Waals surface area contributed by atoms with Crippen molar-refractivity contribution in [1.82, 2.24) is 0 Å². The molecule has 3 aromatic rings. The smallest absolute Gasteiger partial charge is 0.338 e. The number of hydrogen-bond acceptors (Lipinski definition) is 3. The van der Waals surface area contributed by atoms with Gasteiger partial charge in [-0.05, 0) is 29.7 Å². The van der Waals surface area contributed by atoms with Crippen molar-refractivity contribution in [3.63, 3.8) is 0 Å². The Bertz CT molecular complexity index is 946. The first kappa shape index (κ1) is 20.5. The molecule has 0 bridgehead atoms. The summed E-state index contributed by atoms with van der Waals surface area (Å²) in [5.41, 5.74) is 3.11. The van der Waals surface area contributed by atoms with Crippen molar-refractivity contribution in [1.29, 1.82) is 0 Å². The third kappa shape index (κ3) is 5.41. The Morgan fingerprint density at radius 3 is 2.10 bits per heavy atom.